The van der Waals surface area contributed by atoms with Crippen molar-refractivity contribution in [2.24, 2.45) is 0 Å². The molecule has 0 spiro atoms. The molecule has 0 bridgehead atoms. The summed E-state index contributed by atoms with van der Waals surface area (Å²) in [7, 11) is 0. The highest BCUT2D eigenvalue weighted by Gasteiger charge is 2.33. The van der Waals surface area contributed by atoms with Gasteiger partial charge in [0.2, 0.25) is 0 Å². The maximum absolute atomic E-state index is 6.50. The van der Waals surface area contributed by atoms with E-state index in [9.17, 15) is 0 Å². The lowest BCUT2D eigenvalue weighted by molar-refractivity contribution is -0.129. The quantitative estimate of drug-likeness (QED) is 0.774. The van der Waals surface area contributed by atoms with Gasteiger partial charge in [-0.3, -0.25) is 9.58 Å². The Labute approximate surface area is 137 Å². The monoisotopic (exact) mass is 333 g/mol. The van der Waals surface area contributed by atoms with Gasteiger partial charge in [0, 0.05) is 32.1 Å². The fraction of sp³-hybridized carbons (Fsp3) is 0.800. The Morgan fingerprint density at radius 3 is 2.67 bits per heavy atom. The largest absolute Gasteiger partial charge is 0.368 e. The molecule has 2 heterocycles. The highest BCUT2D eigenvalue weighted by molar-refractivity contribution is 6.31. The van der Waals surface area contributed by atoms with Crippen LogP contribution in [0, 0.1) is 0 Å². The lowest BCUT2D eigenvalue weighted by atomic mass is 10.1. The predicted octanol–water partition coefficient (Wildman–Crippen LogP) is 3.34. The van der Waals surface area contributed by atoms with Gasteiger partial charge in [-0.2, -0.15) is 5.10 Å². The second-order valence-corrected chi connectivity index (χ2v) is 6.89. The molecular weight excluding hydrogens is 309 g/mol. The topological polar surface area (TPSA) is 30.3 Å². The second kappa shape index (κ2) is 6.86. The molecule has 0 amide bonds. The molecule has 1 aromatic rings. The zero-order chi connectivity index (χ0) is 15.6. The minimum Gasteiger partial charge on any atom is -0.368 e. The summed E-state index contributed by atoms with van der Waals surface area (Å²) in [6.07, 6.45) is 0.926. The zero-order valence-corrected chi connectivity index (χ0v) is 14.8. The fourth-order valence-electron chi connectivity index (χ4n) is 3.00. The maximum Gasteiger partial charge on any atom is 0.0863 e. The molecule has 1 fully saturated rings. The van der Waals surface area contributed by atoms with E-state index in [4.69, 9.17) is 27.9 Å². The standard InChI is InChI=1S/C15H25Cl2N3O/c1-5-12-14(17)13(20(6-2)18-12)9-19-8-11(7-16)21-15(3,4)10-19/h11H,5-10H2,1-4H3. The number of halogens is 2. The molecule has 1 unspecified atom stereocenters. The lowest BCUT2D eigenvalue weighted by Crippen LogP contribution is -2.53. The number of aryl methyl sites for hydroxylation is 2. The molecule has 2 rings (SSSR count). The molecule has 0 aromatic carbocycles. The van der Waals surface area contributed by atoms with Crippen molar-refractivity contribution in [3.63, 3.8) is 0 Å². The number of aromatic nitrogens is 2. The summed E-state index contributed by atoms with van der Waals surface area (Å²) in [5.74, 6) is 0.515. The molecule has 0 saturated carbocycles. The third-order valence-electron chi connectivity index (χ3n) is 3.79. The van der Waals surface area contributed by atoms with Gasteiger partial charge in [0.05, 0.1) is 28.1 Å². The average Bonchev–Trinajstić information content (AvgIpc) is 2.73. The molecule has 0 N–H and O–H groups in total. The van der Waals surface area contributed by atoms with Crippen LogP contribution in [-0.2, 0) is 24.2 Å². The van der Waals surface area contributed by atoms with E-state index in [1.54, 1.807) is 0 Å². The van der Waals surface area contributed by atoms with Gasteiger partial charge in [0.1, 0.15) is 0 Å². The summed E-state index contributed by atoms with van der Waals surface area (Å²) in [4.78, 5) is 2.37. The molecule has 0 aliphatic carbocycles. The van der Waals surface area contributed by atoms with Crippen molar-refractivity contribution >= 4 is 23.2 Å². The molecular formula is C15H25Cl2N3O. The first-order valence-electron chi connectivity index (χ1n) is 7.60. The first-order chi connectivity index (χ1) is 9.90. The summed E-state index contributed by atoms with van der Waals surface area (Å²) < 4.78 is 7.99. The summed E-state index contributed by atoms with van der Waals surface area (Å²) in [6, 6.07) is 0. The number of alkyl halides is 1. The number of rotatable bonds is 5. The summed E-state index contributed by atoms with van der Waals surface area (Å²) in [6.45, 7) is 11.7. The van der Waals surface area contributed by atoms with Gasteiger partial charge < -0.3 is 4.74 Å². The molecule has 1 saturated heterocycles. The fourth-order valence-corrected chi connectivity index (χ4v) is 3.49. The molecule has 1 atom stereocenters. The van der Waals surface area contributed by atoms with E-state index in [0.29, 0.717) is 5.88 Å². The Balaban J connectivity index is 2.19. The highest BCUT2D eigenvalue weighted by Crippen LogP contribution is 2.27. The van der Waals surface area contributed by atoms with E-state index in [1.807, 2.05) is 4.68 Å². The average molecular weight is 334 g/mol. The third-order valence-corrected chi connectivity index (χ3v) is 4.57. The van der Waals surface area contributed by atoms with E-state index in [-0.39, 0.29) is 11.7 Å². The molecule has 1 aliphatic heterocycles. The van der Waals surface area contributed by atoms with Gasteiger partial charge in [-0.25, -0.2) is 0 Å². The van der Waals surface area contributed by atoms with Gasteiger partial charge in [-0.1, -0.05) is 18.5 Å². The predicted molar refractivity (Wildman–Crippen MR) is 87.2 cm³/mol. The smallest absolute Gasteiger partial charge is 0.0863 e. The first-order valence-corrected chi connectivity index (χ1v) is 8.51. The molecule has 6 heteroatoms. The molecule has 120 valence electrons. The number of ether oxygens (including phenoxy) is 1. The molecule has 21 heavy (non-hydrogen) atoms. The van der Waals surface area contributed by atoms with E-state index in [0.717, 1.165) is 49.0 Å². The number of nitrogens with zero attached hydrogens (tertiary/aromatic N) is 3. The van der Waals surface area contributed by atoms with Gasteiger partial charge in [0.15, 0.2) is 0 Å². The SMILES string of the molecule is CCc1nn(CC)c(CN2CC(CCl)OC(C)(C)C2)c1Cl. The van der Waals surface area contributed by atoms with Crippen molar-refractivity contribution in [2.75, 3.05) is 19.0 Å². The van der Waals surface area contributed by atoms with Crippen LogP contribution < -0.4 is 0 Å². The Bertz CT molecular complexity index is 488. The van der Waals surface area contributed by atoms with Crippen LogP contribution in [0.1, 0.15) is 39.1 Å². The van der Waals surface area contributed by atoms with Crippen LogP contribution in [-0.4, -0.2) is 45.4 Å². The summed E-state index contributed by atoms with van der Waals surface area (Å²) >= 11 is 12.5. The third kappa shape index (κ3) is 3.92. The van der Waals surface area contributed by atoms with Crippen LogP contribution in [0.4, 0.5) is 0 Å². The minimum atomic E-state index is -0.186. The number of hydrogen-bond donors (Lipinski definition) is 0. The first kappa shape index (κ1) is 17.1. The normalized spacial score (nSPS) is 22.7. The highest BCUT2D eigenvalue weighted by atomic mass is 35.5. The lowest BCUT2D eigenvalue weighted by Gasteiger charge is -2.42. The van der Waals surface area contributed by atoms with Crippen molar-refractivity contribution in [1.29, 1.82) is 0 Å². The maximum atomic E-state index is 6.50. The Morgan fingerprint density at radius 2 is 2.10 bits per heavy atom. The van der Waals surface area contributed by atoms with Crippen LogP contribution in [0.15, 0.2) is 0 Å². The zero-order valence-electron chi connectivity index (χ0n) is 13.3. The van der Waals surface area contributed by atoms with E-state index < -0.39 is 0 Å². The van der Waals surface area contributed by atoms with Crippen molar-refractivity contribution < 1.29 is 4.74 Å². The molecule has 4 nitrogen and oxygen atoms in total. The van der Waals surface area contributed by atoms with E-state index in [2.05, 4.69) is 37.7 Å². The number of morpholine rings is 1. The minimum absolute atomic E-state index is 0.0674. The number of hydrogen-bond acceptors (Lipinski definition) is 3. The van der Waals surface area contributed by atoms with Gasteiger partial charge in [-0.05, 0) is 27.2 Å². The summed E-state index contributed by atoms with van der Waals surface area (Å²) in [5, 5.41) is 5.40. The van der Waals surface area contributed by atoms with Crippen LogP contribution in [0.2, 0.25) is 5.02 Å². The van der Waals surface area contributed by atoms with E-state index in [1.165, 1.54) is 0 Å². The van der Waals surface area contributed by atoms with Crippen molar-refractivity contribution in [3.8, 4) is 0 Å². The van der Waals surface area contributed by atoms with Gasteiger partial charge >= 0.3 is 0 Å². The van der Waals surface area contributed by atoms with E-state index >= 15 is 0 Å². The Kier molecular flexibility index (Phi) is 5.58. The Morgan fingerprint density at radius 1 is 1.38 bits per heavy atom. The van der Waals surface area contributed by atoms with Crippen molar-refractivity contribution in [3.05, 3.63) is 16.4 Å². The molecule has 1 aliphatic rings. The second-order valence-electron chi connectivity index (χ2n) is 6.20. The summed E-state index contributed by atoms with van der Waals surface area (Å²) in [5.41, 5.74) is 1.89. The van der Waals surface area contributed by atoms with Crippen LogP contribution in [0.3, 0.4) is 0 Å². The van der Waals surface area contributed by atoms with Gasteiger partial charge in [-0.15, -0.1) is 11.6 Å². The van der Waals surface area contributed by atoms with Crippen LogP contribution in [0.25, 0.3) is 0 Å². The van der Waals surface area contributed by atoms with Crippen molar-refractivity contribution in [1.82, 2.24) is 14.7 Å². The van der Waals surface area contributed by atoms with Crippen molar-refractivity contribution in [2.45, 2.75) is 58.9 Å². The molecule has 1 aromatic heterocycles. The van der Waals surface area contributed by atoms with Crippen LogP contribution >= 0.6 is 23.2 Å². The molecule has 0 radical (unpaired) electrons. The van der Waals surface area contributed by atoms with Crippen LogP contribution in [0.5, 0.6) is 0 Å². The Hall–Kier alpha value is -0.290. The van der Waals surface area contributed by atoms with Gasteiger partial charge in [0.25, 0.3) is 0 Å².